The molecule has 3 amide bonds. The average molecular weight is 402 g/mol. The summed E-state index contributed by atoms with van der Waals surface area (Å²) in [6.45, 7) is 7.22. The van der Waals surface area contributed by atoms with Gasteiger partial charge in [0.05, 0.1) is 0 Å². The smallest absolute Gasteiger partial charge is 0.258 e. The fraction of sp³-hybridized carbons (Fsp3) is 0.591. The quantitative estimate of drug-likeness (QED) is 0.754. The SMILES string of the molecule is CC(C)C(NC(=O)COc1ccccc1)C(=O)N1CCN(C(=O)C2CC2)C(C)C1. The molecule has 158 valence electrons. The lowest BCUT2D eigenvalue weighted by atomic mass is 10.0. The van der Waals surface area contributed by atoms with Crippen LogP contribution in [0.25, 0.3) is 0 Å². The van der Waals surface area contributed by atoms with Gasteiger partial charge in [0.1, 0.15) is 11.8 Å². The fourth-order valence-corrected chi connectivity index (χ4v) is 3.64. The molecule has 29 heavy (non-hydrogen) atoms. The van der Waals surface area contributed by atoms with Crippen molar-refractivity contribution in [2.24, 2.45) is 11.8 Å². The highest BCUT2D eigenvalue weighted by atomic mass is 16.5. The number of amides is 3. The third-order valence-electron chi connectivity index (χ3n) is 5.51. The molecule has 1 N–H and O–H groups in total. The second-order valence-corrected chi connectivity index (χ2v) is 8.33. The molecule has 1 aromatic carbocycles. The maximum Gasteiger partial charge on any atom is 0.258 e. The van der Waals surface area contributed by atoms with Crippen LogP contribution in [0.3, 0.4) is 0 Å². The van der Waals surface area contributed by atoms with E-state index >= 15 is 0 Å². The number of carbonyl (C=O) groups is 3. The minimum Gasteiger partial charge on any atom is -0.484 e. The van der Waals surface area contributed by atoms with Crippen molar-refractivity contribution in [3.8, 4) is 5.75 Å². The zero-order chi connectivity index (χ0) is 21.0. The first-order chi connectivity index (χ1) is 13.9. The number of para-hydroxylation sites is 1. The largest absolute Gasteiger partial charge is 0.484 e. The summed E-state index contributed by atoms with van der Waals surface area (Å²) >= 11 is 0. The fourth-order valence-electron chi connectivity index (χ4n) is 3.64. The Morgan fingerprint density at radius 2 is 1.83 bits per heavy atom. The number of benzene rings is 1. The van der Waals surface area contributed by atoms with Crippen molar-refractivity contribution in [2.75, 3.05) is 26.2 Å². The first-order valence-electron chi connectivity index (χ1n) is 10.4. The van der Waals surface area contributed by atoms with Crippen molar-refractivity contribution in [3.63, 3.8) is 0 Å². The average Bonchev–Trinajstić information content (AvgIpc) is 3.55. The molecule has 3 rings (SSSR count). The van der Waals surface area contributed by atoms with E-state index in [0.29, 0.717) is 25.4 Å². The molecule has 1 saturated heterocycles. The zero-order valence-electron chi connectivity index (χ0n) is 17.5. The summed E-state index contributed by atoms with van der Waals surface area (Å²) in [5.41, 5.74) is 0. The molecule has 1 aliphatic heterocycles. The molecule has 2 atom stereocenters. The van der Waals surface area contributed by atoms with Crippen molar-refractivity contribution >= 4 is 17.7 Å². The summed E-state index contributed by atoms with van der Waals surface area (Å²) in [6.07, 6.45) is 1.97. The lowest BCUT2D eigenvalue weighted by Gasteiger charge is -2.41. The van der Waals surface area contributed by atoms with Gasteiger partial charge in [-0.15, -0.1) is 0 Å². The molecule has 1 aromatic rings. The van der Waals surface area contributed by atoms with E-state index in [0.717, 1.165) is 12.8 Å². The number of nitrogens with one attached hydrogen (secondary N) is 1. The Morgan fingerprint density at radius 3 is 2.41 bits per heavy atom. The topological polar surface area (TPSA) is 79.0 Å². The van der Waals surface area contributed by atoms with E-state index in [1.807, 2.05) is 43.9 Å². The Morgan fingerprint density at radius 1 is 1.14 bits per heavy atom. The zero-order valence-corrected chi connectivity index (χ0v) is 17.5. The van der Waals surface area contributed by atoms with Gasteiger partial charge in [0.25, 0.3) is 5.91 Å². The molecule has 1 heterocycles. The Kier molecular flexibility index (Phi) is 6.77. The Bertz CT molecular complexity index is 733. The van der Waals surface area contributed by atoms with Crippen LogP contribution in [-0.4, -0.2) is 65.8 Å². The van der Waals surface area contributed by atoms with E-state index in [9.17, 15) is 14.4 Å². The normalized spacial score (nSPS) is 20.3. The van der Waals surface area contributed by atoms with Crippen LogP contribution in [0.4, 0.5) is 0 Å². The van der Waals surface area contributed by atoms with Gasteiger partial charge in [-0.05, 0) is 37.8 Å². The van der Waals surface area contributed by atoms with Crippen LogP contribution in [0.2, 0.25) is 0 Å². The monoisotopic (exact) mass is 401 g/mol. The van der Waals surface area contributed by atoms with Crippen LogP contribution in [0, 0.1) is 11.8 Å². The van der Waals surface area contributed by atoms with Gasteiger partial charge in [-0.25, -0.2) is 0 Å². The first-order valence-corrected chi connectivity index (χ1v) is 10.4. The van der Waals surface area contributed by atoms with E-state index in [4.69, 9.17) is 4.74 Å². The van der Waals surface area contributed by atoms with E-state index in [1.165, 1.54) is 0 Å². The van der Waals surface area contributed by atoms with Crippen LogP contribution >= 0.6 is 0 Å². The molecular weight excluding hydrogens is 370 g/mol. The van der Waals surface area contributed by atoms with Gasteiger partial charge in [-0.3, -0.25) is 14.4 Å². The molecule has 7 nitrogen and oxygen atoms in total. The molecular formula is C22H31N3O4. The van der Waals surface area contributed by atoms with Crippen molar-refractivity contribution < 1.29 is 19.1 Å². The van der Waals surface area contributed by atoms with Crippen molar-refractivity contribution in [3.05, 3.63) is 30.3 Å². The maximum absolute atomic E-state index is 13.1. The minimum absolute atomic E-state index is 0.00859. The van der Waals surface area contributed by atoms with Crippen LogP contribution in [0.15, 0.2) is 30.3 Å². The lowest BCUT2D eigenvalue weighted by molar-refractivity contribution is -0.146. The van der Waals surface area contributed by atoms with Gasteiger partial charge in [0.2, 0.25) is 11.8 Å². The highest BCUT2D eigenvalue weighted by molar-refractivity contribution is 5.89. The lowest BCUT2D eigenvalue weighted by Crippen LogP contribution is -2.60. The van der Waals surface area contributed by atoms with Crippen molar-refractivity contribution in [1.82, 2.24) is 15.1 Å². The molecule has 0 aromatic heterocycles. The number of ether oxygens (including phenoxy) is 1. The molecule has 0 spiro atoms. The maximum atomic E-state index is 13.1. The predicted octanol–water partition coefficient (Wildman–Crippen LogP) is 1.68. The van der Waals surface area contributed by atoms with Gasteiger partial charge in [-0.2, -0.15) is 0 Å². The van der Waals surface area contributed by atoms with Gasteiger partial charge >= 0.3 is 0 Å². The second kappa shape index (κ2) is 9.29. The summed E-state index contributed by atoms with van der Waals surface area (Å²) < 4.78 is 5.48. The molecule has 0 radical (unpaired) electrons. The van der Waals surface area contributed by atoms with Gasteiger partial charge in [-0.1, -0.05) is 32.0 Å². The molecule has 2 fully saturated rings. The van der Waals surface area contributed by atoms with E-state index in [-0.39, 0.29) is 42.2 Å². The van der Waals surface area contributed by atoms with E-state index < -0.39 is 6.04 Å². The summed E-state index contributed by atoms with van der Waals surface area (Å²) in [5, 5.41) is 2.83. The van der Waals surface area contributed by atoms with Crippen molar-refractivity contribution in [1.29, 1.82) is 0 Å². The summed E-state index contributed by atoms with van der Waals surface area (Å²) in [5.74, 6) is 0.545. The summed E-state index contributed by atoms with van der Waals surface area (Å²) in [6, 6.07) is 8.49. The standard InChI is InChI=1S/C22H31N3O4/c1-15(2)20(23-19(26)14-29-18-7-5-4-6-8-18)22(28)24-11-12-25(16(3)13-24)21(27)17-9-10-17/h4-8,15-17,20H,9-14H2,1-3H3,(H,23,26). The second-order valence-electron chi connectivity index (χ2n) is 8.33. The van der Waals surface area contributed by atoms with Crippen molar-refractivity contribution in [2.45, 2.75) is 45.7 Å². The van der Waals surface area contributed by atoms with Gasteiger partial charge < -0.3 is 19.9 Å². The molecule has 0 bridgehead atoms. The molecule has 7 heteroatoms. The van der Waals surface area contributed by atoms with E-state index in [2.05, 4.69) is 5.32 Å². The summed E-state index contributed by atoms with van der Waals surface area (Å²) in [4.78, 5) is 41.5. The third kappa shape index (κ3) is 5.49. The highest BCUT2D eigenvalue weighted by Gasteiger charge is 2.39. The Balaban J connectivity index is 1.53. The molecule has 2 aliphatic rings. The van der Waals surface area contributed by atoms with Gasteiger partial charge in [0, 0.05) is 31.6 Å². The van der Waals surface area contributed by atoms with Crippen LogP contribution < -0.4 is 10.1 Å². The Hall–Kier alpha value is -2.57. The predicted molar refractivity (Wildman–Crippen MR) is 109 cm³/mol. The summed E-state index contributed by atoms with van der Waals surface area (Å²) in [7, 11) is 0. The van der Waals surface area contributed by atoms with E-state index in [1.54, 1.807) is 17.0 Å². The Labute approximate surface area is 172 Å². The van der Waals surface area contributed by atoms with Gasteiger partial charge in [0.15, 0.2) is 6.61 Å². The third-order valence-corrected chi connectivity index (χ3v) is 5.51. The van der Waals surface area contributed by atoms with Crippen LogP contribution in [0.5, 0.6) is 5.75 Å². The minimum atomic E-state index is -0.611. The number of carbonyl (C=O) groups excluding carboxylic acids is 3. The molecule has 2 unspecified atom stereocenters. The molecule has 1 aliphatic carbocycles. The van der Waals surface area contributed by atoms with Crippen LogP contribution in [-0.2, 0) is 14.4 Å². The number of hydrogen-bond acceptors (Lipinski definition) is 4. The first kappa shape index (κ1) is 21.1. The van der Waals surface area contributed by atoms with Crippen LogP contribution in [0.1, 0.15) is 33.6 Å². The number of rotatable bonds is 7. The number of piperazine rings is 1. The highest BCUT2D eigenvalue weighted by Crippen LogP contribution is 2.32. The number of hydrogen-bond donors (Lipinski definition) is 1. The number of nitrogens with zero attached hydrogens (tertiary/aromatic N) is 2. The molecule has 1 saturated carbocycles.